The molecule has 3 rings (SSSR count). The molecule has 0 spiro atoms. The van der Waals surface area contributed by atoms with Gasteiger partial charge in [-0.25, -0.2) is 4.98 Å². The molecule has 0 bridgehead atoms. The third-order valence-corrected chi connectivity index (χ3v) is 2.56. The molecule has 0 saturated carbocycles. The molecule has 6 nitrogen and oxygen atoms in total. The van der Waals surface area contributed by atoms with Gasteiger partial charge < -0.3 is 13.4 Å². The number of nitrogens with zero attached hydrogens (tertiary/aromatic N) is 3. The minimum Gasteiger partial charge on any atom is -0.469 e. The number of hydrogen-bond acceptors (Lipinski definition) is 6. The summed E-state index contributed by atoms with van der Waals surface area (Å²) in [6, 6.07) is 1.80. The van der Waals surface area contributed by atoms with Crippen LogP contribution in [0.2, 0.25) is 0 Å². The van der Waals surface area contributed by atoms with Gasteiger partial charge in [-0.2, -0.15) is 4.98 Å². The molecule has 3 aromatic rings. The molecule has 0 aliphatic rings. The summed E-state index contributed by atoms with van der Waals surface area (Å²) in [4.78, 5) is 8.31. The number of rotatable bonds is 3. The molecule has 0 aliphatic heterocycles. The van der Waals surface area contributed by atoms with Gasteiger partial charge in [-0.1, -0.05) is 5.16 Å². The number of aromatic nitrogens is 3. The van der Waals surface area contributed by atoms with Gasteiger partial charge in [0.25, 0.3) is 5.89 Å². The SMILES string of the molecule is Cc1ncc(Cc2noc(-c3ccoc3C)n2)o1. The van der Waals surface area contributed by atoms with Crippen LogP contribution in [0.1, 0.15) is 23.2 Å². The zero-order valence-electron chi connectivity index (χ0n) is 10.0. The smallest absolute Gasteiger partial charge is 0.261 e. The third-order valence-electron chi connectivity index (χ3n) is 2.56. The van der Waals surface area contributed by atoms with E-state index < -0.39 is 0 Å². The fourth-order valence-corrected chi connectivity index (χ4v) is 1.68. The molecule has 18 heavy (non-hydrogen) atoms. The minimum absolute atomic E-state index is 0.451. The summed E-state index contributed by atoms with van der Waals surface area (Å²) < 4.78 is 15.7. The summed E-state index contributed by atoms with van der Waals surface area (Å²) in [7, 11) is 0. The predicted octanol–water partition coefficient (Wildman–Crippen LogP) is 2.53. The van der Waals surface area contributed by atoms with Crippen molar-refractivity contribution < 1.29 is 13.4 Å². The van der Waals surface area contributed by atoms with Crippen molar-refractivity contribution in [3.63, 3.8) is 0 Å². The highest BCUT2D eigenvalue weighted by Gasteiger charge is 2.14. The van der Waals surface area contributed by atoms with Gasteiger partial charge in [0.15, 0.2) is 11.7 Å². The molecule has 0 amide bonds. The van der Waals surface area contributed by atoms with Crippen molar-refractivity contribution in [3.05, 3.63) is 41.8 Å². The van der Waals surface area contributed by atoms with Crippen LogP contribution in [-0.4, -0.2) is 15.1 Å². The van der Waals surface area contributed by atoms with E-state index in [9.17, 15) is 0 Å². The average Bonchev–Trinajstić information content (AvgIpc) is 3.02. The van der Waals surface area contributed by atoms with E-state index in [1.54, 1.807) is 25.5 Å². The lowest BCUT2D eigenvalue weighted by molar-refractivity contribution is 0.418. The maximum absolute atomic E-state index is 5.36. The highest BCUT2D eigenvalue weighted by Crippen LogP contribution is 2.22. The van der Waals surface area contributed by atoms with E-state index >= 15 is 0 Å². The zero-order valence-corrected chi connectivity index (χ0v) is 10.0. The lowest BCUT2D eigenvalue weighted by atomic mass is 10.2. The molecular weight excluding hydrogens is 234 g/mol. The van der Waals surface area contributed by atoms with Gasteiger partial charge >= 0.3 is 0 Å². The molecule has 0 radical (unpaired) electrons. The van der Waals surface area contributed by atoms with Crippen molar-refractivity contribution in [3.8, 4) is 11.5 Å². The first-order chi connectivity index (χ1) is 8.72. The Balaban J connectivity index is 1.84. The highest BCUT2D eigenvalue weighted by atomic mass is 16.5. The Morgan fingerprint density at radius 3 is 2.83 bits per heavy atom. The number of oxazole rings is 1. The zero-order chi connectivity index (χ0) is 12.5. The van der Waals surface area contributed by atoms with Crippen molar-refractivity contribution in [2.45, 2.75) is 20.3 Å². The van der Waals surface area contributed by atoms with Crippen LogP contribution >= 0.6 is 0 Å². The summed E-state index contributed by atoms with van der Waals surface area (Å²) in [5, 5.41) is 3.90. The Labute approximate surface area is 103 Å². The molecule has 0 saturated heterocycles. The van der Waals surface area contributed by atoms with E-state index in [0.717, 1.165) is 11.3 Å². The predicted molar refractivity (Wildman–Crippen MR) is 60.8 cm³/mol. The van der Waals surface area contributed by atoms with Gasteiger partial charge in [0.05, 0.1) is 24.4 Å². The molecule has 0 atom stereocenters. The van der Waals surface area contributed by atoms with Crippen molar-refractivity contribution >= 4 is 0 Å². The van der Waals surface area contributed by atoms with Crippen molar-refractivity contribution in [2.75, 3.05) is 0 Å². The Morgan fingerprint density at radius 1 is 1.28 bits per heavy atom. The molecule has 6 heteroatoms. The first-order valence-corrected chi connectivity index (χ1v) is 5.51. The molecule has 92 valence electrons. The van der Waals surface area contributed by atoms with Crippen LogP contribution in [0.4, 0.5) is 0 Å². The summed E-state index contributed by atoms with van der Waals surface area (Å²) in [6.45, 7) is 3.64. The van der Waals surface area contributed by atoms with E-state index in [1.807, 2.05) is 6.92 Å². The van der Waals surface area contributed by atoms with Crippen LogP contribution in [-0.2, 0) is 6.42 Å². The van der Waals surface area contributed by atoms with Crippen LogP contribution in [0.3, 0.4) is 0 Å². The minimum atomic E-state index is 0.451. The second-order valence-electron chi connectivity index (χ2n) is 3.93. The fraction of sp³-hybridized carbons (Fsp3) is 0.250. The van der Waals surface area contributed by atoms with Crippen LogP contribution < -0.4 is 0 Å². The summed E-state index contributed by atoms with van der Waals surface area (Å²) in [5.74, 6) is 3.10. The lowest BCUT2D eigenvalue weighted by Crippen LogP contribution is -1.88. The average molecular weight is 245 g/mol. The summed E-state index contributed by atoms with van der Waals surface area (Å²) in [5.41, 5.74) is 0.808. The van der Waals surface area contributed by atoms with Gasteiger partial charge in [-0.05, 0) is 13.0 Å². The van der Waals surface area contributed by atoms with Crippen LogP contribution in [0.25, 0.3) is 11.5 Å². The second kappa shape index (κ2) is 4.14. The topological polar surface area (TPSA) is 78.1 Å². The van der Waals surface area contributed by atoms with Gasteiger partial charge in [0, 0.05) is 6.92 Å². The molecule has 3 heterocycles. The van der Waals surface area contributed by atoms with E-state index in [0.29, 0.717) is 29.8 Å². The molecular formula is C12H11N3O3. The maximum Gasteiger partial charge on any atom is 0.261 e. The fourth-order valence-electron chi connectivity index (χ4n) is 1.68. The molecule has 0 aliphatic carbocycles. The summed E-state index contributed by atoms with van der Waals surface area (Å²) >= 11 is 0. The highest BCUT2D eigenvalue weighted by molar-refractivity contribution is 5.54. The van der Waals surface area contributed by atoms with Crippen molar-refractivity contribution in [1.29, 1.82) is 0 Å². The lowest BCUT2D eigenvalue weighted by Gasteiger charge is -1.88. The Kier molecular flexibility index (Phi) is 2.47. The Morgan fingerprint density at radius 2 is 2.17 bits per heavy atom. The van der Waals surface area contributed by atoms with Crippen molar-refractivity contribution in [1.82, 2.24) is 15.1 Å². The van der Waals surface area contributed by atoms with Crippen LogP contribution in [0.15, 0.2) is 31.9 Å². The number of furan rings is 1. The Hall–Kier alpha value is -2.37. The first kappa shape index (κ1) is 10.8. The standard InChI is InChI=1S/C12H11N3O3/c1-7-10(3-4-16-7)12-14-11(15-18-12)5-9-6-13-8(2)17-9/h3-4,6H,5H2,1-2H3. The molecule has 0 unspecified atom stereocenters. The quantitative estimate of drug-likeness (QED) is 0.705. The summed E-state index contributed by atoms with van der Waals surface area (Å²) in [6.07, 6.45) is 3.71. The second-order valence-corrected chi connectivity index (χ2v) is 3.93. The van der Waals surface area contributed by atoms with Gasteiger partial charge in [-0.3, -0.25) is 0 Å². The monoisotopic (exact) mass is 245 g/mol. The van der Waals surface area contributed by atoms with E-state index in [1.165, 1.54) is 0 Å². The van der Waals surface area contributed by atoms with E-state index in [-0.39, 0.29) is 0 Å². The number of hydrogen-bond donors (Lipinski definition) is 0. The first-order valence-electron chi connectivity index (χ1n) is 5.51. The normalized spacial score (nSPS) is 11.0. The van der Waals surface area contributed by atoms with Gasteiger partial charge in [0.1, 0.15) is 11.5 Å². The van der Waals surface area contributed by atoms with E-state index in [4.69, 9.17) is 13.4 Å². The molecule has 3 aromatic heterocycles. The third kappa shape index (κ3) is 1.92. The Bertz CT molecular complexity index is 665. The van der Waals surface area contributed by atoms with Gasteiger partial charge in [-0.15, -0.1) is 0 Å². The number of aryl methyl sites for hydroxylation is 2. The molecule has 0 aromatic carbocycles. The van der Waals surface area contributed by atoms with Crippen LogP contribution in [0, 0.1) is 13.8 Å². The largest absolute Gasteiger partial charge is 0.469 e. The van der Waals surface area contributed by atoms with Crippen molar-refractivity contribution in [2.24, 2.45) is 0 Å². The molecule has 0 N–H and O–H groups in total. The molecule has 0 fully saturated rings. The van der Waals surface area contributed by atoms with E-state index in [2.05, 4.69) is 15.1 Å². The maximum atomic E-state index is 5.36. The van der Waals surface area contributed by atoms with Gasteiger partial charge in [0.2, 0.25) is 0 Å². The van der Waals surface area contributed by atoms with Crippen LogP contribution in [0.5, 0.6) is 0 Å².